The summed E-state index contributed by atoms with van der Waals surface area (Å²) in [6.45, 7) is 2.00. The van der Waals surface area contributed by atoms with Gasteiger partial charge in [0, 0.05) is 32.6 Å². The zero-order valence-corrected chi connectivity index (χ0v) is 17.9. The molecule has 2 amide bonds. The number of aromatic nitrogens is 3. The molecule has 1 aromatic heterocycles. The Morgan fingerprint density at radius 1 is 0.939 bits per heavy atom. The normalized spacial score (nSPS) is 17.8. The molecule has 5 rings (SSSR count). The topological polar surface area (TPSA) is 107 Å². The second kappa shape index (κ2) is 8.89. The van der Waals surface area contributed by atoms with Crippen LogP contribution in [0.5, 0.6) is 11.5 Å². The summed E-state index contributed by atoms with van der Waals surface area (Å²) < 4.78 is 12.7. The molecule has 0 unspecified atom stereocenters. The van der Waals surface area contributed by atoms with Crippen LogP contribution in [0.3, 0.4) is 0 Å². The summed E-state index contributed by atoms with van der Waals surface area (Å²) in [6, 6.07) is 14.2. The minimum absolute atomic E-state index is 0.0878. The van der Waals surface area contributed by atoms with Crippen molar-refractivity contribution in [3.63, 3.8) is 0 Å². The summed E-state index contributed by atoms with van der Waals surface area (Å²) in [5.41, 5.74) is 0.266. The van der Waals surface area contributed by atoms with Crippen molar-refractivity contribution < 1.29 is 19.1 Å². The number of ether oxygens (including phenoxy) is 2. The number of aryl methyl sites for hydroxylation is 1. The molecule has 3 heterocycles. The first-order valence-corrected chi connectivity index (χ1v) is 10.9. The number of amides is 2. The van der Waals surface area contributed by atoms with Gasteiger partial charge in [0.2, 0.25) is 12.0 Å². The van der Waals surface area contributed by atoms with Crippen molar-refractivity contribution >= 4 is 22.7 Å². The van der Waals surface area contributed by atoms with Crippen molar-refractivity contribution in [2.45, 2.75) is 19.1 Å². The molecule has 3 aromatic rings. The van der Waals surface area contributed by atoms with E-state index in [1.807, 2.05) is 12.1 Å². The van der Waals surface area contributed by atoms with Crippen LogP contribution in [0.4, 0.5) is 0 Å². The molecule has 33 heavy (non-hydrogen) atoms. The Labute approximate surface area is 189 Å². The van der Waals surface area contributed by atoms with E-state index in [9.17, 15) is 14.4 Å². The Morgan fingerprint density at radius 2 is 1.64 bits per heavy atom. The van der Waals surface area contributed by atoms with Crippen LogP contribution in [0.2, 0.25) is 0 Å². The minimum Gasteiger partial charge on any atom is -0.485 e. The summed E-state index contributed by atoms with van der Waals surface area (Å²) in [5.74, 6) is 0.958. The Bertz CT molecular complexity index is 1250. The van der Waals surface area contributed by atoms with Crippen LogP contribution in [0.1, 0.15) is 6.42 Å². The van der Waals surface area contributed by atoms with Crippen molar-refractivity contribution in [3.8, 4) is 11.5 Å². The van der Waals surface area contributed by atoms with Gasteiger partial charge < -0.3 is 19.3 Å². The van der Waals surface area contributed by atoms with Gasteiger partial charge in [-0.1, -0.05) is 29.5 Å². The monoisotopic (exact) mass is 449 g/mol. The summed E-state index contributed by atoms with van der Waals surface area (Å²) in [6.07, 6.45) is -0.558. The third-order valence-corrected chi connectivity index (χ3v) is 5.89. The molecule has 0 saturated carbocycles. The van der Waals surface area contributed by atoms with Crippen LogP contribution < -0.4 is 15.0 Å². The number of rotatable bonds is 4. The first-order valence-electron chi connectivity index (χ1n) is 10.9. The Balaban J connectivity index is 1.14. The van der Waals surface area contributed by atoms with E-state index >= 15 is 0 Å². The van der Waals surface area contributed by atoms with Crippen LogP contribution in [-0.4, -0.2) is 75.5 Å². The Morgan fingerprint density at radius 3 is 2.45 bits per heavy atom. The fraction of sp³-hybridized carbons (Fsp3) is 0.348. The first-order chi connectivity index (χ1) is 16.1. The molecule has 0 radical (unpaired) electrons. The highest BCUT2D eigenvalue weighted by molar-refractivity contribution is 5.82. The lowest BCUT2D eigenvalue weighted by Crippen LogP contribution is -2.55. The zero-order valence-electron chi connectivity index (χ0n) is 17.9. The van der Waals surface area contributed by atoms with Gasteiger partial charge in [-0.3, -0.25) is 14.4 Å². The van der Waals surface area contributed by atoms with Gasteiger partial charge in [0.25, 0.3) is 11.5 Å². The van der Waals surface area contributed by atoms with Gasteiger partial charge in [0.05, 0.1) is 11.9 Å². The largest absolute Gasteiger partial charge is 0.485 e. The highest BCUT2D eigenvalue weighted by atomic mass is 16.6. The number of benzene rings is 2. The molecule has 2 aromatic carbocycles. The van der Waals surface area contributed by atoms with E-state index in [-0.39, 0.29) is 36.9 Å². The quantitative estimate of drug-likeness (QED) is 0.577. The maximum atomic E-state index is 12.9. The molecule has 1 atom stereocenters. The van der Waals surface area contributed by atoms with E-state index in [0.29, 0.717) is 48.6 Å². The smallest absolute Gasteiger partial charge is 0.277 e. The fourth-order valence-corrected chi connectivity index (χ4v) is 4.05. The summed E-state index contributed by atoms with van der Waals surface area (Å²) in [7, 11) is 0. The van der Waals surface area contributed by atoms with E-state index in [0.717, 1.165) is 0 Å². The van der Waals surface area contributed by atoms with Gasteiger partial charge >= 0.3 is 0 Å². The highest BCUT2D eigenvalue weighted by Gasteiger charge is 2.33. The molecule has 10 heteroatoms. The summed E-state index contributed by atoms with van der Waals surface area (Å²) in [5, 5.41) is 8.45. The second-order valence-corrected chi connectivity index (χ2v) is 7.96. The summed E-state index contributed by atoms with van der Waals surface area (Å²) >= 11 is 0. The van der Waals surface area contributed by atoms with Crippen LogP contribution in [0.25, 0.3) is 10.9 Å². The molecule has 10 nitrogen and oxygen atoms in total. The molecule has 1 fully saturated rings. The molecular formula is C23H23N5O5. The van der Waals surface area contributed by atoms with E-state index in [1.165, 1.54) is 4.68 Å². The van der Waals surface area contributed by atoms with Gasteiger partial charge in [-0.2, -0.15) is 0 Å². The van der Waals surface area contributed by atoms with E-state index in [4.69, 9.17) is 9.47 Å². The van der Waals surface area contributed by atoms with Crippen LogP contribution >= 0.6 is 0 Å². The molecule has 0 N–H and O–H groups in total. The van der Waals surface area contributed by atoms with E-state index in [2.05, 4.69) is 10.3 Å². The SMILES string of the molecule is O=C(CCn1nnc2ccccc2c1=O)N1CCN(C(=O)[C@@H]2COc3ccccc3O2)CC1. The van der Waals surface area contributed by atoms with Crippen LogP contribution in [0, 0.1) is 0 Å². The van der Waals surface area contributed by atoms with Crippen molar-refractivity contribution in [2.75, 3.05) is 32.8 Å². The second-order valence-electron chi connectivity index (χ2n) is 7.96. The lowest BCUT2D eigenvalue weighted by Gasteiger charge is -2.37. The number of fused-ring (bicyclic) bond motifs is 2. The van der Waals surface area contributed by atoms with E-state index < -0.39 is 6.10 Å². The molecule has 2 aliphatic rings. The Kier molecular flexibility index (Phi) is 5.64. The highest BCUT2D eigenvalue weighted by Crippen LogP contribution is 2.31. The third-order valence-electron chi connectivity index (χ3n) is 5.89. The number of carbonyl (C=O) groups excluding carboxylic acids is 2. The van der Waals surface area contributed by atoms with Gasteiger partial charge in [-0.25, -0.2) is 4.68 Å². The molecular weight excluding hydrogens is 426 g/mol. The molecule has 1 saturated heterocycles. The maximum Gasteiger partial charge on any atom is 0.277 e. The number of piperazine rings is 1. The maximum absolute atomic E-state index is 12.9. The number of hydrogen-bond donors (Lipinski definition) is 0. The number of nitrogens with zero attached hydrogens (tertiary/aromatic N) is 5. The lowest BCUT2D eigenvalue weighted by molar-refractivity contribution is -0.146. The number of para-hydroxylation sites is 2. The van der Waals surface area contributed by atoms with Crippen molar-refractivity contribution in [1.29, 1.82) is 0 Å². The predicted molar refractivity (Wildman–Crippen MR) is 118 cm³/mol. The first kappa shape index (κ1) is 20.9. The average Bonchev–Trinajstić information content (AvgIpc) is 2.87. The molecule has 0 aliphatic carbocycles. The molecule has 170 valence electrons. The molecule has 2 aliphatic heterocycles. The van der Waals surface area contributed by atoms with Gasteiger partial charge in [0.15, 0.2) is 11.5 Å². The molecule has 0 bridgehead atoms. The predicted octanol–water partition coefficient (Wildman–Crippen LogP) is 0.692. The van der Waals surface area contributed by atoms with Crippen molar-refractivity contribution in [2.24, 2.45) is 0 Å². The Hall–Kier alpha value is -3.95. The standard InChI is InChI=1S/C23H23N5O5/c29-21(9-10-28-22(30)16-5-1-2-6-17(16)24-25-28)26-11-13-27(14-12-26)23(31)20-15-32-18-7-3-4-8-19(18)33-20/h1-8,20H,9-15H2/t20-/m0/s1. The van der Waals surface area contributed by atoms with Crippen molar-refractivity contribution in [1.82, 2.24) is 24.8 Å². The molecule has 0 spiro atoms. The van der Waals surface area contributed by atoms with Crippen LogP contribution in [0.15, 0.2) is 53.3 Å². The van der Waals surface area contributed by atoms with Crippen LogP contribution in [-0.2, 0) is 16.1 Å². The minimum atomic E-state index is -0.694. The zero-order chi connectivity index (χ0) is 22.8. The van der Waals surface area contributed by atoms with Gasteiger partial charge in [-0.15, -0.1) is 5.10 Å². The third kappa shape index (κ3) is 4.23. The fourth-order valence-electron chi connectivity index (χ4n) is 4.05. The lowest BCUT2D eigenvalue weighted by atomic mass is 10.2. The van der Waals surface area contributed by atoms with Crippen molar-refractivity contribution in [3.05, 3.63) is 58.9 Å². The number of carbonyl (C=O) groups is 2. The average molecular weight is 449 g/mol. The number of hydrogen-bond acceptors (Lipinski definition) is 7. The van der Waals surface area contributed by atoms with Gasteiger partial charge in [0.1, 0.15) is 12.1 Å². The van der Waals surface area contributed by atoms with Gasteiger partial charge in [-0.05, 0) is 24.3 Å². The summed E-state index contributed by atoms with van der Waals surface area (Å²) in [4.78, 5) is 41.5. The van der Waals surface area contributed by atoms with E-state index in [1.54, 1.807) is 46.2 Å².